The molecule has 0 aliphatic rings. The summed E-state index contributed by atoms with van der Waals surface area (Å²) in [6.45, 7) is 5.72. The SMILES string of the molecule is CCCCCCCCCCCCCCC(=S)NC(C)(C)CS(=O)(=O)O. The maximum atomic E-state index is 11.0. The predicted molar refractivity (Wildman–Crippen MR) is 112 cm³/mol. The fraction of sp³-hybridized carbons (Fsp3) is 0.947. The van der Waals surface area contributed by atoms with Gasteiger partial charge in [0.15, 0.2) is 0 Å². The second-order valence-electron chi connectivity index (χ2n) is 7.80. The third kappa shape index (κ3) is 18.4. The van der Waals surface area contributed by atoms with Crippen LogP contribution in [-0.4, -0.2) is 29.3 Å². The molecular formula is C19H39NO3S2. The predicted octanol–water partition coefficient (Wildman–Crippen LogP) is 5.66. The van der Waals surface area contributed by atoms with Crippen molar-refractivity contribution in [3.8, 4) is 0 Å². The highest BCUT2D eigenvalue weighted by Gasteiger charge is 2.25. The van der Waals surface area contributed by atoms with Crippen LogP contribution in [0.15, 0.2) is 0 Å². The van der Waals surface area contributed by atoms with Crippen LogP contribution in [0.25, 0.3) is 0 Å². The van der Waals surface area contributed by atoms with E-state index in [9.17, 15) is 8.42 Å². The van der Waals surface area contributed by atoms with Gasteiger partial charge in [-0.1, -0.05) is 89.8 Å². The molecule has 0 fully saturated rings. The summed E-state index contributed by atoms with van der Waals surface area (Å²) in [4.78, 5) is 0.681. The molecule has 0 aliphatic carbocycles. The maximum Gasteiger partial charge on any atom is 0.267 e. The quantitative estimate of drug-likeness (QED) is 0.201. The monoisotopic (exact) mass is 393 g/mol. The number of hydrogen-bond acceptors (Lipinski definition) is 3. The first kappa shape index (κ1) is 24.8. The van der Waals surface area contributed by atoms with Crippen molar-refractivity contribution in [1.82, 2.24) is 5.32 Å². The van der Waals surface area contributed by atoms with E-state index in [1.807, 2.05) is 0 Å². The summed E-state index contributed by atoms with van der Waals surface area (Å²) in [6, 6.07) is 0. The Hall–Kier alpha value is -0.200. The van der Waals surface area contributed by atoms with Crippen molar-refractivity contribution in [2.24, 2.45) is 0 Å². The molecule has 150 valence electrons. The molecule has 6 heteroatoms. The van der Waals surface area contributed by atoms with E-state index in [0.717, 1.165) is 19.3 Å². The van der Waals surface area contributed by atoms with Crippen LogP contribution >= 0.6 is 12.2 Å². The molecule has 0 aliphatic heterocycles. The minimum Gasteiger partial charge on any atom is -0.374 e. The Morgan fingerprint density at radius 2 is 1.28 bits per heavy atom. The van der Waals surface area contributed by atoms with Gasteiger partial charge < -0.3 is 5.32 Å². The third-order valence-electron chi connectivity index (χ3n) is 4.28. The van der Waals surface area contributed by atoms with Crippen LogP contribution in [0.1, 0.15) is 104 Å². The van der Waals surface area contributed by atoms with E-state index >= 15 is 0 Å². The lowest BCUT2D eigenvalue weighted by Crippen LogP contribution is -2.47. The molecule has 0 rings (SSSR count). The largest absolute Gasteiger partial charge is 0.374 e. The molecule has 0 saturated heterocycles. The molecule has 0 amide bonds. The van der Waals surface area contributed by atoms with E-state index in [0.29, 0.717) is 4.99 Å². The van der Waals surface area contributed by atoms with Crippen molar-refractivity contribution >= 4 is 27.3 Å². The Bertz CT molecular complexity index is 448. The van der Waals surface area contributed by atoms with Crippen LogP contribution in [-0.2, 0) is 10.1 Å². The lowest BCUT2D eigenvalue weighted by Gasteiger charge is -2.26. The maximum absolute atomic E-state index is 11.0. The van der Waals surface area contributed by atoms with Crippen molar-refractivity contribution in [3.63, 3.8) is 0 Å². The molecular weight excluding hydrogens is 354 g/mol. The molecule has 4 nitrogen and oxygen atoms in total. The minimum atomic E-state index is -4.00. The highest BCUT2D eigenvalue weighted by Crippen LogP contribution is 2.13. The topological polar surface area (TPSA) is 66.4 Å². The second-order valence-corrected chi connectivity index (χ2v) is 9.74. The highest BCUT2D eigenvalue weighted by molar-refractivity contribution is 7.85. The Balaban J connectivity index is 3.52. The standard InChI is InChI=1S/C19H39NO3S2/c1-4-5-6-7-8-9-10-11-12-13-14-15-16-18(24)20-19(2,3)17-25(21,22)23/h4-17H2,1-3H3,(H,20,24)(H,21,22,23). The number of rotatable bonds is 16. The van der Waals surface area contributed by atoms with Gasteiger partial charge in [0.05, 0.1) is 10.7 Å². The molecule has 2 N–H and O–H groups in total. The van der Waals surface area contributed by atoms with E-state index in [2.05, 4.69) is 12.2 Å². The molecule has 0 aromatic carbocycles. The van der Waals surface area contributed by atoms with Crippen molar-refractivity contribution < 1.29 is 13.0 Å². The van der Waals surface area contributed by atoms with Crippen LogP contribution < -0.4 is 5.32 Å². The average Bonchev–Trinajstić information content (AvgIpc) is 2.45. The Labute approximate surface area is 161 Å². The summed E-state index contributed by atoms with van der Waals surface area (Å²) in [5.74, 6) is -0.335. The number of nitrogens with one attached hydrogen (secondary N) is 1. The van der Waals surface area contributed by atoms with Gasteiger partial charge in [-0.15, -0.1) is 0 Å². The fourth-order valence-electron chi connectivity index (χ4n) is 3.06. The Morgan fingerprint density at radius 3 is 1.68 bits per heavy atom. The van der Waals surface area contributed by atoms with Gasteiger partial charge in [-0.25, -0.2) is 0 Å². The van der Waals surface area contributed by atoms with E-state index in [1.165, 1.54) is 64.2 Å². The van der Waals surface area contributed by atoms with Crippen molar-refractivity contribution in [2.45, 2.75) is 110 Å². The first-order valence-corrected chi connectivity index (χ1v) is 11.9. The van der Waals surface area contributed by atoms with Gasteiger partial charge in [0.25, 0.3) is 10.1 Å². The lowest BCUT2D eigenvalue weighted by molar-refractivity contribution is 0.444. The van der Waals surface area contributed by atoms with Crippen molar-refractivity contribution in [1.29, 1.82) is 0 Å². The second kappa shape index (κ2) is 13.9. The molecule has 0 atom stereocenters. The summed E-state index contributed by atoms with van der Waals surface area (Å²) in [5, 5.41) is 3.04. The van der Waals surface area contributed by atoms with Crippen LogP contribution in [0.2, 0.25) is 0 Å². The summed E-state index contributed by atoms with van der Waals surface area (Å²) in [7, 11) is -4.00. The molecule has 0 spiro atoms. The van der Waals surface area contributed by atoms with Gasteiger partial charge in [-0.05, 0) is 26.7 Å². The zero-order valence-corrected chi connectivity index (χ0v) is 18.1. The van der Waals surface area contributed by atoms with E-state index < -0.39 is 15.7 Å². The molecule has 0 unspecified atom stereocenters. The smallest absolute Gasteiger partial charge is 0.267 e. The average molecular weight is 394 g/mol. The van der Waals surface area contributed by atoms with Crippen LogP contribution in [0.3, 0.4) is 0 Å². The molecule has 0 radical (unpaired) electrons. The molecule has 0 saturated carbocycles. The van der Waals surface area contributed by atoms with Gasteiger partial charge in [0.2, 0.25) is 0 Å². The lowest BCUT2D eigenvalue weighted by atomic mass is 10.0. The first-order valence-electron chi connectivity index (χ1n) is 9.92. The summed E-state index contributed by atoms with van der Waals surface area (Å²) in [6.07, 6.45) is 16.5. The van der Waals surface area contributed by atoms with Gasteiger partial charge in [0, 0.05) is 5.54 Å². The van der Waals surface area contributed by atoms with E-state index in [-0.39, 0.29) is 5.75 Å². The zero-order valence-electron chi connectivity index (χ0n) is 16.5. The van der Waals surface area contributed by atoms with Crippen LogP contribution in [0, 0.1) is 0 Å². The normalized spacial score (nSPS) is 12.3. The van der Waals surface area contributed by atoms with E-state index in [1.54, 1.807) is 13.8 Å². The van der Waals surface area contributed by atoms with Gasteiger partial charge in [-0.3, -0.25) is 4.55 Å². The fourth-order valence-corrected chi connectivity index (χ4v) is 4.46. The summed E-state index contributed by atoms with van der Waals surface area (Å²) in [5.41, 5.74) is -0.734. The summed E-state index contributed by atoms with van der Waals surface area (Å²) < 4.78 is 30.9. The minimum absolute atomic E-state index is 0.335. The van der Waals surface area contributed by atoms with Gasteiger partial charge in [0.1, 0.15) is 0 Å². The van der Waals surface area contributed by atoms with Gasteiger partial charge in [-0.2, -0.15) is 8.42 Å². The highest BCUT2D eigenvalue weighted by atomic mass is 32.2. The zero-order chi connectivity index (χ0) is 19.2. The molecule has 25 heavy (non-hydrogen) atoms. The number of hydrogen-bond donors (Lipinski definition) is 2. The number of thiocarbonyl (C=S) groups is 1. The van der Waals surface area contributed by atoms with Crippen molar-refractivity contribution in [2.75, 3.05) is 5.75 Å². The molecule has 0 heterocycles. The summed E-state index contributed by atoms with van der Waals surface area (Å²) >= 11 is 5.28. The van der Waals surface area contributed by atoms with E-state index in [4.69, 9.17) is 16.8 Å². The Morgan fingerprint density at radius 1 is 0.880 bits per heavy atom. The molecule has 0 bridgehead atoms. The Kier molecular flexibility index (Phi) is 13.8. The van der Waals surface area contributed by atoms with Crippen LogP contribution in [0.4, 0.5) is 0 Å². The molecule has 0 aromatic rings. The number of unbranched alkanes of at least 4 members (excludes halogenated alkanes) is 11. The third-order valence-corrected chi connectivity index (χ3v) is 5.67. The van der Waals surface area contributed by atoms with Crippen molar-refractivity contribution in [3.05, 3.63) is 0 Å². The first-order chi connectivity index (χ1) is 11.7. The van der Waals surface area contributed by atoms with Crippen LogP contribution in [0.5, 0.6) is 0 Å². The van der Waals surface area contributed by atoms with Gasteiger partial charge >= 0.3 is 0 Å². The molecule has 0 aromatic heterocycles.